The van der Waals surface area contributed by atoms with Crippen LogP contribution in [-0.2, 0) is 0 Å². The van der Waals surface area contributed by atoms with Crippen LogP contribution in [-0.4, -0.2) is 15.0 Å². The van der Waals surface area contributed by atoms with Crippen molar-refractivity contribution in [3.8, 4) is 78.7 Å². The predicted octanol–water partition coefficient (Wildman–Crippen LogP) is 16.2. The molecule has 63 heavy (non-hydrogen) atoms. The van der Waals surface area contributed by atoms with Crippen molar-refractivity contribution in [2.75, 3.05) is 0 Å². The molecule has 0 aliphatic carbocycles. The third-order valence-electron chi connectivity index (χ3n) is 12.1. The number of nitrogens with zero attached hydrogens (tertiary/aromatic N) is 3. The van der Waals surface area contributed by atoms with Gasteiger partial charge < -0.3 is 0 Å². The van der Waals surface area contributed by atoms with Gasteiger partial charge in [0, 0.05) is 36.9 Å². The molecular weight excluding hydrogens is 783 g/mol. The fourth-order valence-electron chi connectivity index (χ4n) is 9.19. The van der Waals surface area contributed by atoms with Crippen molar-refractivity contribution in [3.63, 3.8) is 0 Å². The molecule has 0 fully saturated rings. The van der Waals surface area contributed by atoms with Crippen molar-refractivity contribution >= 4 is 53.1 Å². The molecule has 0 unspecified atom stereocenters. The summed E-state index contributed by atoms with van der Waals surface area (Å²) in [7, 11) is 0. The fraction of sp³-hybridized carbons (Fsp3) is 0. The van der Waals surface area contributed by atoms with E-state index in [9.17, 15) is 0 Å². The molecule has 0 aliphatic rings. The second-order valence-electron chi connectivity index (χ2n) is 15.9. The minimum atomic E-state index is 0.629. The van der Waals surface area contributed by atoms with Crippen LogP contribution in [0.25, 0.3) is 120 Å². The maximum atomic E-state index is 5.29. The predicted molar refractivity (Wildman–Crippen MR) is 266 cm³/mol. The molecule has 0 N–H and O–H groups in total. The van der Waals surface area contributed by atoms with Crippen LogP contribution in [0.4, 0.5) is 0 Å². The van der Waals surface area contributed by atoms with Crippen LogP contribution < -0.4 is 0 Å². The van der Waals surface area contributed by atoms with E-state index in [-0.39, 0.29) is 0 Å². The van der Waals surface area contributed by atoms with Gasteiger partial charge in [-0.25, -0.2) is 15.0 Å². The monoisotopic (exact) mass is 819 g/mol. The topological polar surface area (TPSA) is 38.7 Å². The van der Waals surface area contributed by atoms with Crippen molar-refractivity contribution in [2.24, 2.45) is 0 Å². The summed E-state index contributed by atoms with van der Waals surface area (Å²) in [5.74, 6) is 1.92. The molecule has 2 aromatic heterocycles. The molecule has 294 valence electrons. The molecule has 0 saturated heterocycles. The Morgan fingerprint density at radius 1 is 0.254 bits per heavy atom. The zero-order chi connectivity index (χ0) is 41.7. The van der Waals surface area contributed by atoms with E-state index < -0.39 is 0 Å². The van der Waals surface area contributed by atoms with Crippen molar-refractivity contribution < 1.29 is 0 Å². The number of rotatable bonds is 7. The Hall–Kier alpha value is -8.05. The summed E-state index contributed by atoms with van der Waals surface area (Å²) in [6, 6.07) is 80.0. The smallest absolute Gasteiger partial charge is 0.165 e. The molecule has 2 heterocycles. The highest BCUT2D eigenvalue weighted by Crippen LogP contribution is 2.45. The lowest BCUT2D eigenvalue weighted by Crippen LogP contribution is -2.00. The van der Waals surface area contributed by atoms with Crippen LogP contribution in [0, 0.1) is 0 Å². The van der Waals surface area contributed by atoms with Crippen LogP contribution >= 0.6 is 11.3 Å². The van der Waals surface area contributed by atoms with Gasteiger partial charge in [-0.1, -0.05) is 194 Å². The van der Waals surface area contributed by atoms with Gasteiger partial charge in [-0.3, -0.25) is 0 Å². The van der Waals surface area contributed by atoms with Gasteiger partial charge >= 0.3 is 0 Å². The normalized spacial score (nSPS) is 11.5. The summed E-state index contributed by atoms with van der Waals surface area (Å²) in [6.45, 7) is 0. The summed E-state index contributed by atoms with van der Waals surface area (Å²) in [5, 5.41) is 7.40. The summed E-state index contributed by atoms with van der Waals surface area (Å²) in [5.41, 5.74) is 12.2. The molecule has 4 heteroatoms. The Morgan fingerprint density at radius 3 is 1.22 bits per heavy atom. The molecule has 0 aliphatic heterocycles. The molecule has 0 bridgehead atoms. The van der Waals surface area contributed by atoms with Gasteiger partial charge in [0.1, 0.15) is 0 Å². The van der Waals surface area contributed by atoms with E-state index in [1.165, 1.54) is 64.0 Å². The van der Waals surface area contributed by atoms with E-state index in [4.69, 9.17) is 15.0 Å². The minimum absolute atomic E-state index is 0.629. The first kappa shape index (κ1) is 36.8. The lowest BCUT2D eigenvalue weighted by molar-refractivity contribution is 1.08. The molecular formula is C59H37N3S. The standard InChI is InChI=1S/C59H37N3S/c1-3-17-38(18-4-1)40-21-14-25-44(36-40)57-60-58(62-59(61-57)52-33-16-32-51-46-27-11-12-34-53(46)63-56(51)52)45-26-15-23-42(37-45)41-22-13-24-43(35-41)55-49-30-9-7-28-47(49)54(39-19-5-2-6-20-39)48-29-8-10-31-50(48)55/h1-37H. The zero-order valence-corrected chi connectivity index (χ0v) is 34.9. The number of thiophene rings is 1. The lowest BCUT2D eigenvalue weighted by atomic mass is 9.85. The van der Waals surface area contributed by atoms with E-state index in [1.807, 2.05) is 6.07 Å². The Bertz CT molecular complexity index is 3630. The second kappa shape index (κ2) is 15.4. The first-order valence-corrected chi connectivity index (χ1v) is 22.1. The van der Waals surface area contributed by atoms with Gasteiger partial charge in [-0.15, -0.1) is 11.3 Å². The summed E-state index contributed by atoms with van der Waals surface area (Å²) in [6.07, 6.45) is 0. The first-order chi connectivity index (χ1) is 31.2. The molecule has 12 rings (SSSR count). The van der Waals surface area contributed by atoms with Crippen molar-refractivity contribution in [1.82, 2.24) is 15.0 Å². The highest BCUT2D eigenvalue weighted by atomic mass is 32.1. The Morgan fingerprint density at radius 2 is 0.635 bits per heavy atom. The van der Waals surface area contributed by atoms with Gasteiger partial charge in [0.05, 0.1) is 0 Å². The number of benzene rings is 10. The summed E-state index contributed by atoms with van der Waals surface area (Å²) >= 11 is 1.79. The lowest BCUT2D eigenvalue weighted by Gasteiger charge is -2.18. The third-order valence-corrected chi connectivity index (χ3v) is 13.3. The second-order valence-corrected chi connectivity index (χ2v) is 17.0. The number of fused-ring (bicyclic) bond motifs is 5. The van der Waals surface area contributed by atoms with Crippen molar-refractivity contribution in [1.29, 1.82) is 0 Å². The van der Waals surface area contributed by atoms with Crippen LogP contribution in [0.5, 0.6) is 0 Å². The molecule has 0 saturated carbocycles. The van der Waals surface area contributed by atoms with Crippen molar-refractivity contribution in [3.05, 3.63) is 224 Å². The number of hydrogen-bond donors (Lipinski definition) is 0. The Balaban J connectivity index is 1.01. The first-order valence-electron chi connectivity index (χ1n) is 21.3. The van der Waals surface area contributed by atoms with Gasteiger partial charge in [-0.2, -0.15) is 0 Å². The van der Waals surface area contributed by atoms with E-state index in [0.29, 0.717) is 17.5 Å². The Labute approximate surface area is 369 Å². The Kier molecular flexibility index (Phi) is 9.02. The van der Waals surface area contributed by atoms with Gasteiger partial charge in [0.25, 0.3) is 0 Å². The van der Waals surface area contributed by atoms with Crippen LogP contribution in [0.1, 0.15) is 0 Å². The number of hydrogen-bond acceptors (Lipinski definition) is 4. The molecule has 0 radical (unpaired) electrons. The molecule has 0 amide bonds. The van der Waals surface area contributed by atoms with E-state index >= 15 is 0 Å². The molecule has 3 nitrogen and oxygen atoms in total. The zero-order valence-electron chi connectivity index (χ0n) is 34.1. The maximum Gasteiger partial charge on any atom is 0.165 e. The molecule has 10 aromatic carbocycles. The highest BCUT2D eigenvalue weighted by Gasteiger charge is 2.19. The minimum Gasteiger partial charge on any atom is -0.208 e. The van der Waals surface area contributed by atoms with E-state index in [1.54, 1.807) is 11.3 Å². The average molecular weight is 820 g/mol. The van der Waals surface area contributed by atoms with Crippen LogP contribution in [0.15, 0.2) is 224 Å². The average Bonchev–Trinajstić information content (AvgIpc) is 3.75. The SMILES string of the molecule is c1ccc(-c2cccc(-c3nc(-c4cccc(-c5cccc(-c6c7ccccc7c(-c7ccccc7)c7ccccc67)c5)c4)nc(-c4cccc5c4sc4ccccc45)n3)c2)cc1. The molecule has 0 atom stereocenters. The maximum absolute atomic E-state index is 5.29. The van der Waals surface area contributed by atoms with Gasteiger partial charge in [-0.05, 0) is 96.4 Å². The largest absolute Gasteiger partial charge is 0.208 e. The third kappa shape index (κ3) is 6.56. The number of aromatic nitrogens is 3. The van der Waals surface area contributed by atoms with Crippen LogP contribution in [0.3, 0.4) is 0 Å². The van der Waals surface area contributed by atoms with E-state index in [2.05, 4.69) is 218 Å². The van der Waals surface area contributed by atoms with Gasteiger partial charge in [0.15, 0.2) is 17.5 Å². The van der Waals surface area contributed by atoms with E-state index in [0.717, 1.165) is 38.9 Å². The fourth-order valence-corrected chi connectivity index (χ4v) is 10.4. The summed E-state index contributed by atoms with van der Waals surface area (Å²) in [4.78, 5) is 15.8. The van der Waals surface area contributed by atoms with Crippen molar-refractivity contribution in [2.45, 2.75) is 0 Å². The highest BCUT2D eigenvalue weighted by molar-refractivity contribution is 7.26. The van der Waals surface area contributed by atoms with Crippen LogP contribution in [0.2, 0.25) is 0 Å². The molecule has 0 spiro atoms. The quantitative estimate of drug-likeness (QED) is 0.150. The van der Waals surface area contributed by atoms with Gasteiger partial charge in [0.2, 0.25) is 0 Å². The molecule has 12 aromatic rings. The summed E-state index contributed by atoms with van der Waals surface area (Å²) < 4.78 is 2.41.